The molecule has 0 aromatic carbocycles. The fraction of sp³-hybridized carbons (Fsp3) is 0.667. The van der Waals surface area contributed by atoms with E-state index in [2.05, 4.69) is 20.0 Å². The monoisotopic (exact) mass is 272 g/mol. The molecule has 1 aliphatic carbocycles. The Kier molecular flexibility index (Phi) is 4.14. The molecule has 5 nitrogen and oxygen atoms in total. The fourth-order valence-corrected chi connectivity index (χ4v) is 2.36. The second-order valence-electron chi connectivity index (χ2n) is 4.84. The summed E-state index contributed by atoms with van der Waals surface area (Å²) in [5.41, 5.74) is 6.63. The van der Waals surface area contributed by atoms with Gasteiger partial charge in [0.15, 0.2) is 5.75 Å². The number of alkyl halides is 2. The molecule has 0 amide bonds. The molecular weight excluding hydrogens is 254 g/mol. The van der Waals surface area contributed by atoms with Crippen LogP contribution in [0.4, 0.5) is 14.7 Å². The average Bonchev–Trinajstić information content (AvgIpc) is 2.69. The van der Waals surface area contributed by atoms with Crippen LogP contribution >= 0.6 is 0 Å². The van der Waals surface area contributed by atoms with Crippen LogP contribution in [0.3, 0.4) is 0 Å². The van der Waals surface area contributed by atoms with Gasteiger partial charge in [-0.15, -0.1) is 0 Å². The zero-order chi connectivity index (χ0) is 14.0. The van der Waals surface area contributed by atoms with E-state index in [1.54, 1.807) is 13.8 Å². The summed E-state index contributed by atoms with van der Waals surface area (Å²) < 4.78 is 28.9. The predicted molar refractivity (Wildman–Crippen MR) is 67.4 cm³/mol. The van der Waals surface area contributed by atoms with Gasteiger partial charge in [0, 0.05) is 12.1 Å². The van der Waals surface area contributed by atoms with Crippen LogP contribution in [-0.4, -0.2) is 28.7 Å². The fourth-order valence-electron chi connectivity index (χ4n) is 2.36. The lowest BCUT2D eigenvalue weighted by Crippen LogP contribution is -2.22. The predicted octanol–water partition coefficient (Wildman–Crippen LogP) is 1.99. The molecule has 1 aromatic heterocycles. The van der Waals surface area contributed by atoms with Crippen molar-refractivity contribution in [1.82, 2.24) is 9.97 Å². The number of hydrogen-bond donors (Lipinski definition) is 2. The topological polar surface area (TPSA) is 73.1 Å². The van der Waals surface area contributed by atoms with E-state index in [0.29, 0.717) is 17.3 Å². The molecule has 1 heterocycles. The van der Waals surface area contributed by atoms with Crippen molar-refractivity contribution in [3.63, 3.8) is 0 Å². The molecule has 0 aliphatic heterocycles. The number of nitrogens with zero attached hydrogens (tertiary/aromatic N) is 2. The minimum Gasteiger partial charge on any atom is -0.431 e. The van der Waals surface area contributed by atoms with Gasteiger partial charge in [0.1, 0.15) is 0 Å². The molecule has 106 valence electrons. The van der Waals surface area contributed by atoms with Crippen LogP contribution in [-0.2, 0) is 0 Å². The van der Waals surface area contributed by atoms with Gasteiger partial charge in [0.25, 0.3) is 0 Å². The first kappa shape index (κ1) is 13.9. The second-order valence-corrected chi connectivity index (χ2v) is 4.84. The minimum atomic E-state index is -2.87. The molecule has 1 saturated carbocycles. The molecule has 1 aromatic rings. The lowest BCUT2D eigenvalue weighted by Gasteiger charge is -2.15. The Labute approximate surface area is 110 Å². The van der Waals surface area contributed by atoms with Crippen molar-refractivity contribution in [2.45, 2.75) is 51.8 Å². The van der Waals surface area contributed by atoms with Crippen molar-refractivity contribution in [1.29, 1.82) is 0 Å². The summed E-state index contributed by atoms with van der Waals surface area (Å²) in [5, 5.41) is 3.19. The number of ether oxygens (including phenoxy) is 1. The lowest BCUT2D eigenvalue weighted by atomic mass is 10.2. The Morgan fingerprint density at radius 2 is 1.89 bits per heavy atom. The number of aromatic nitrogens is 2. The number of nitrogens with two attached hydrogens (primary N) is 1. The number of aryl methyl sites for hydroxylation is 2. The van der Waals surface area contributed by atoms with Gasteiger partial charge < -0.3 is 15.8 Å². The number of hydrogen-bond acceptors (Lipinski definition) is 5. The molecule has 1 aliphatic rings. The third kappa shape index (κ3) is 3.50. The molecule has 0 radical (unpaired) electrons. The van der Waals surface area contributed by atoms with E-state index in [0.717, 1.165) is 19.3 Å². The van der Waals surface area contributed by atoms with E-state index in [4.69, 9.17) is 5.73 Å². The standard InChI is InChI=1S/C12H18F2N4O/c1-6-10(19-11(13)14)7(2)17-12(16-6)18-9-4-3-8(15)5-9/h8-9,11H,3-5,15H2,1-2H3,(H,16,17,18)/t8-,9-/m0/s1. The van der Waals surface area contributed by atoms with Crippen LogP contribution in [0.1, 0.15) is 30.7 Å². The van der Waals surface area contributed by atoms with Crippen molar-refractivity contribution in [2.75, 3.05) is 5.32 Å². The number of nitrogens with one attached hydrogen (secondary N) is 1. The van der Waals surface area contributed by atoms with Crippen LogP contribution in [0, 0.1) is 13.8 Å². The Morgan fingerprint density at radius 3 is 2.37 bits per heavy atom. The maximum Gasteiger partial charge on any atom is 0.387 e. The number of halogens is 2. The number of anilines is 1. The summed E-state index contributed by atoms with van der Waals surface area (Å²) in [6.45, 7) is 0.378. The van der Waals surface area contributed by atoms with Crippen LogP contribution in [0.5, 0.6) is 5.75 Å². The van der Waals surface area contributed by atoms with Gasteiger partial charge in [-0.3, -0.25) is 0 Å². The molecule has 1 fully saturated rings. The highest BCUT2D eigenvalue weighted by atomic mass is 19.3. The SMILES string of the molecule is Cc1nc(N[C@H]2CC[C@H](N)C2)nc(C)c1OC(F)F. The first-order valence-electron chi connectivity index (χ1n) is 6.28. The minimum absolute atomic E-state index is 0.0451. The van der Waals surface area contributed by atoms with E-state index in [1.807, 2.05) is 0 Å². The summed E-state index contributed by atoms with van der Waals surface area (Å²) in [5.74, 6) is 0.486. The molecule has 0 spiro atoms. The summed E-state index contributed by atoms with van der Waals surface area (Å²) >= 11 is 0. The highest BCUT2D eigenvalue weighted by Gasteiger charge is 2.23. The summed E-state index contributed by atoms with van der Waals surface area (Å²) in [4.78, 5) is 8.31. The average molecular weight is 272 g/mol. The quantitative estimate of drug-likeness (QED) is 0.877. The first-order valence-corrected chi connectivity index (χ1v) is 6.28. The van der Waals surface area contributed by atoms with Gasteiger partial charge in [0.2, 0.25) is 5.95 Å². The summed E-state index contributed by atoms with van der Waals surface area (Å²) in [7, 11) is 0. The van der Waals surface area contributed by atoms with Gasteiger partial charge in [-0.2, -0.15) is 8.78 Å². The molecule has 3 N–H and O–H groups in total. The Balaban J connectivity index is 2.11. The Hall–Kier alpha value is -1.50. The molecule has 2 rings (SSSR count). The van der Waals surface area contributed by atoms with Crippen LogP contribution < -0.4 is 15.8 Å². The third-order valence-corrected chi connectivity index (χ3v) is 3.22. The maximum absolute atomic E-state index is 12.2. The van der Waals surface area contributed by atoms with Gasteiger partial charge in [-0.25, -0.2) is 9.97 Å². The molecule has 19 heavy (non-hydrogen) atoms. The van der Waals surface area contributed by atoms with Crippen molar-refractivity contribution < 1.29 is 13.5 Å². The summed E-state index contributed by atoms with van der Waals surface area (Å²) in [6, 6.07) is 0.455. The highest BCUT2D eigenvalue weighted by Crippen LogP contribution is 2.25. The Morgan fingerprint density at radius 1 is 1.26 bits per heavy atom. The third-order valence-electron chi connectivity index (χ3n) is 3.22. The Bertz CT molecular complexity index is 432. The normalized spacial score (nSPS) is 22.8. The second kappa shape index (κ2) is 5.64. The van der Waals surface area contributed by atoms with Gasteiger partial charge >= 0.3 is 6.61 Å². The van der Waals surface area contributed by atoms with E-state index in [1.165, 1.54) is 0 Å². The van der Waals surface area contributed by atoms with Gasteiger partial charge in [-0.1, -0.05) is 0 Å². The van der Waals surface area contributed by atoms with Crippen molar-refractivity contribution in [3.8, 4) is 5.75 Å². The zero-order valence-corrected chi connectivity index (χ0v) is 11.0. The van der Waals surface area contributed by atoms with Crippen LogP contribution in [0.25, 0.3) is 0 Å². The van der Waals surface area contributed by atoms with Crippen LogP contribution in [0.2, 0.25) is 0 Å². The highest BCUT2D eigenvalue weighted by molar-refractivity contribution is 5.39. The molecule has 0 unspecified atom stereocenters. The summed E-state index contributed by atoms with van der Waals surface area (Å²) in [6.07, 6.45) is 2.82. The van der Waals surface area contributed by atoms with Gasteiger partial charge in [0.05, 0.1) is 11.4 Å². The van der Waals surface area contributed by atoms with E-state index < -0.39 is 6.61 Å². The number of rotatable bonds is 4. The van der Waals surface area contributed by atoms with E-state index in [9.17, 15) is 8.78 Å². The molecular formula is C12H18F2N4O. The smallest absolute Gasteiger partial charge is 0.387 e. The van der Waals surface area contributed by atoms with Crippen molar-refractivity contribution >= 4 is 5.95 Å². The van der Waals surface area contributed by atoms with Crippen LogP contribution in [0.15, 0.2) is 0 Å². The molecule has 7 heteroatoms. The molecule has 0 bridgehead atoms. The molecule has 0 saturated heterocycles. The van der Waals surface area contributed by atoms with E-state index >= 15 is 0 Å². The first-order chi connectivity index (χ1) is 8.95. The van der Waals surface area contributed by atoms with Gasteiger partial charge in [-0.05, 0) is 33.1 Å². The van der Waals surface area contributed by atoms with E-state index in [-0.39, 0.29) is 17.8 Å². The molecule has 2 atom stereocenters. The lowest BCUT2D eigenvalue weighted by molar-refractivity contribution is -0.0512. The van der Waals surface area contributed by atoms with Crippen molar-refractivity contribution in [3.05, 3.63) is 11.4 Å². The zero-order valence-electron chi connectivity index (χ0n) is 11.0. The van der Waals surface area contributed by atoms with Crippen molar-refractivity contribution in [2.24, 2.45) is 5.73 Å². The largest absolute Gasteiger partial charge is 0.431 e. The maximum atomic E-state index is 12.2.